The Kier molecular flexibility index (Phi) is 4.71. The fourth-order valence-corrected chi connectivity index (χ4v) is 2.88. The second kappa shape index (κ2) is 6.30. The lowest BCUT2D eigenvalue weighted by molar-refractivity contribution is 0.504. The highest BCUT2D eigenvalue weighted by Gasteiger charge is 2.20. The molecule has 0 aliphatic carbocycles. The predicted molar refractivity (Wildman–Crippen MR) is 80.0 cm³/mol. The van der Waals surface area contributed by atoms with E-state index >= 15 is 0 Å². The Morgan fingerprint density at radius 1 is 1.37 bits per heavy atom. The van der Waals surface area contributed by atoms with Crippen molar-refractivity contribution in [1.82, 2.24) is 20.3 Å². The summed E-state index contributed by atoms with van der Waals surface area (Å²) >= 11 is 3.49. The van der Waals surface area contributed by atoms with Crippen LogP contribution >= 0.6 is 15.9 Å². The highest BCUT2D eigenvalue weighted by atomic mass is 79.9. The van der Waals surface area contributed by atoms with Gasteiger partial charge < -0.3 is 5.32 Å². The minimum absolute atomic E-state index is 0.209. The van der Waals surface area contributed by atoms with Gasteiger partial charge in [-0.2, -0.15) is 0 Å². The number of hydrogen-bond donors (Lipinski definition) is 1. The van der Waals surface area contributed by atoms with Crippen LogP contribution in [0.25, 0.3) is 0 Å². The number of halogens is 1. The van der Waals surface area contributed by atoms with E-state index in [1.54, 1.807) is 0 Å². The number of nitrogens with zero attached hydrogens (tertiary/aromatic N) is 3. The van der Waals surface area contributed by atoms with E-state index in [1.807, 2.05) is 11.7 Å². The van der Waals surface area contributed by atoms with E-state index in [2.05, 4.69) is 69.7 Å². The van der Waals surface area contributed by atoms with Crippen molar-refractivity contribution >= 4 is 15.9 Å². The SMILES string of the molecule is CCNC(Cc1ccccc1C)c1c(Br)nnn1C. The van der Waals surface area contributed by atoms with Gasteiger partial charge in [-0.05, 0) is 46.9 Å². The van der Waals surface area contributed by atoms with Crippen molar-refractivity contribution in [2.75, 3.05) is 6.54 Å². The molecule has 1 aromatic heterocycles. The van der Waals surface area contributed by atoms with E-state index in [1.165, 1.54) is 11.1 Å². The summed E-state index contributed by atoms with van der Waals surface area (Å²) in [5.74, 6) is 0. The number of benzene rings is 1. The molecular weight excluding hydrogens is 304 g/mol. The lowest BCUT2D eigenvalue weighted by Crippen LogP contribution is -2.25. The standard InChI is InChI=1S/C14H19BrN4/c1-4-16-12(13-14(15)17-18-19(13)3)9-11-8-6-5-7-10(11)2/h5-8,12,16H,4,9H2,1-3H3. The maximum Gasteiger partial charge on any atom is 0.153 e. The first-order chi connectivity index (χ1) is 9.13. The van der Waals surface area contributed by atoms with Crippen molar-refractivity contribution in [1.29, 1.82) is 0 Å². The van der Waals surface area contributed by atoms with Crippen LogP contribution in [0.3, 0.4) is 0 Å². The summed E-state index contributed by atoms with van der Waals surface area (Å²) in [6, 6.07) is 8.69. The Balaban J connectivity index is 2.29. The van der Waals surface area contributed by atoms with Gasteiger partial charge in [0.05, 0.1) is 11.7 Å². The average Bonchev–Trinajstić information content (AvgIpc) is 2.71. The van der Waals surface area contributed by atoms with Crippen molar-refractivity contribution in [3.8, 4) is 0 Å². The van der Waals surface area contributed by atoms with Gasteiger partial charge in [-0.1, -0.05) is 36.4 Å². The molecule has 1 unspecified atom stereocenters. The summed E-state index contributed by atoms with van der Waals surface area (Å²) in [6.07, 6.45) is 0.931. The van der Waals surface area contributed by atoms with E-state index in [-0.39, 0.29) is 6.04 Å². The number of hydrogen-bond acceptors (Lipinski definition) is 3. The molecule has 0 amide bonds. The molecule has 0 saturated heterocycles. The summed E-state index contributed by atoms with van der Waals surface area (Å²) in [6.45, 7) is 5.17. The van der Waals surface area contributed by atoms with Crippen LogP contribution in [0.2, 0.25) is 0 Å². The molecule has 0 aliphatic heterocycles. The molecule has 0 fully saturated rings. The second-order valence-electron chi connectivity index (χ2n) is 4.63. The van der Waals surface area contributed by atoms with E-state index < -0.39 is 0 Å². The van der Waals surface area contributed by atoms with Crippen molar-refractivity contribution in [2.45, 2.75) is 26.3 Å². The number of nitrogens with one attached hydrogen (secondary N) is 1. The van der Waals surface area contributed by atoms with E-state index in [0.717, 1.165) is 23.3 Å². The molecule has 19 heavy (non-hydrogen) atoms. The molecule has 0 spiro atoms. The third-order valence-electron chi connectivity index (χ3n) is 3.29. The first kappa shape index (κ1) is 14.2. The summed E-state index contributed by atoms with van der Waals surface area (Å²) in [4.78, 5) is 0. The van der Waals surface area contributed by atoms with E-state index in [9.17, 15) is 0 Å². The van der Waals surface area contributed by atoms with Crippen LogP contribution in [0.5, 0.6) is 0 Å². The first-order valence-electron chi connectivity index (χ1n) is 6.46. The molecular formula is C14H19BrN4. The topological polar surface area (TPSA) is 42.7 Å². The van der Waals surface area contributed by atoms with Gasteiger partial charge in [0.15, 0.2) is 4.60 Å². The lowest BCUT2D eigenvalue weighted by atomic mass is 9.99. The van der Waals surface area contributed by atoms with Gasteiger partial charge in [-0.15, -0.1) is 5.10 Å². The lowest BCUT2D eigenvalue weighted by Gasteiger charge is -2.19. The molecule has 1 aromatic carbocycles. The minimum atomic E-state index is 0.209. The largest absolute Gasteiger partial charge is 0.309 e. The second-order valence-corrected chi connectivity index (χ2v) is 5.38. The van der Waals surface area contributed by atoms with Crippen LogP contribution in [0.4, 0.5) is 0 Å². The fourth-order valence-electron chi connectivity index (χ4n) is 2.28. The summed E-state index contributed by atoms with van der Waals surface area (Å²) in [5.41, 5.74) is 3.75. The molecule has 0 aliphatic rings. The van der Waals surface area contributed by atoms with Gasteiger partial charge in [0.1, 0.15) is 0 Å². The maximum atomic E-state index is 4.07. The average molecular weight is 323 g/mol. The molecule has 5 heteroatoms. The summed E-state index contributed by atoms with van der Waals surface area (Å²) < 4.78 is 2.64. The minimum Gasteiger partial charge on any atom is -0.309 e. The van der Waals surface area contributed by atoms with Crippen LogP contribution < -0.4 is 5.32 Å². The quantitative estimate of drug-likeness (QED) is 0.920. The first-order valence-corrected chi connectivity index (χ1v) is 7.25. The third-order valence-corrected chi connectivity index (χ3v) is 3.86. The molecule has 102 valence electrons. The molecule has 4 nitrogen and oxygen atoms in total. The third kappa shape index (κ3) is 3.22. The molecule has 0 saturated carbocycles. The monoisotopic (exact) mass is 322 g/mol. The van der Waals surface area contributed by atoms with Crippen LogP contribution in [-0.2, 0) is 13.5 Å². The zero-order valence-corrected chi connectivity index (χ0v) is 13.1. The number of aryl methyl sites for hydroxylation is 2. The van der Waals surface area contributed by atoms with Crippen LogP contribution in [0.1, 0.15) is 29.8 Å². The number of rotatable bonds is 5. The van der Waals surface area contributed by atoms with Gasteiger partial charge >= 0.3 is 0 Å². The van der Waals surface area contributed by atoms with Gasteiger partial charge in [-0.25, -0.2) is 4.68 Å². The smallest absolute Gasteiger partial charge is 0.153 e. The van der Waals surface area contributed by atoms with Crippen molar-refractivity contribution in [2.24, 2.45) is 7.05 Å². The summed E-state index contributed by atoms with van der Waals surface area (Å²) in [5, 5.41) is 11.6. The molecule has 1 heterocycles. The van der Waals surface area contributed by atoms with Crippen LogP contribution in [0, 0.1) is 6.92 Å². The molecule has 2 aromatic rings. The summed E-state index contributed by atoms with van der Waals surface area (Å²) in [7, 11) is 1.93. The molecule has 2 rings (SSSR count). The molecule has 1 N–H and O–H groups in total. The molecule has 0 bridgehead atoms. The highest BCUT2D eigenvalue weighted by Crippen LogP contribution is 2.24. The molecule has 1 atom stereocenters. The van der Waals surface area contributed by atoms with Crippen LogP contribution in [0.15, 0.2) is 28.9 Å². The van der Waals surface area contributed by atoms with Crippen molar-refractivity contribution in [3.63, 3.8) is 0 Å². The Morgan fingerprint density at radius 2 is 2.11 bits per heavy atom. The van der Waals surface area contributed by atoms with E-state index in [0.29, 0.717) is 0 Å². The van der Waals surface area contributed by atoms with Crippen molar-refractivity contribution < 1.29 is 0 Å². The number of likely N-dealkylation sites (N-methyl/N-ethyl adjacent to an activating group) is 1. The Hall–Kier alpha value is -1.20. The Labute approximate surface area is 122 Å². The van der Waals surface area contributed by atoms with Crippen molar-refractivity contribution in [3.05, 3.63) is 45.7 Å². The maximum absolute atomic E-state index is 4.07. The molecule has 0 radical (unpaired) electrons. The van der Waals surface area contributed by atoms with Crippen LogP contribution in [-0.4, -0.2) is 21.5 Å². The van der Waals surface area contributed by atoms with Gasteiger partial charge in [-0.3, -0.25) is 0 Å². The Morgan fingerprint density at radius 3 is 2.68 bits per heavy atom. The highest BCUT2D eigenvalue weighted by molar-refractivity contribution is 9.10. The van der Waals surface area contributed by atoms with E-state index in [4.69, 9.17) is 0 Å². The normalized spacial score (nSPS) is 12.6. The fraction of sp³-hybridized carbons (Fsp3) is 0.429. The zero-order chi connectivity index (χ0) is 13.8. The number of aromatic nitrogens is 3. The van der Waals surface area contributed by atoms with Gasteiger partial charge in [0.2, 0.25) is 0 Å². The predicted octanol–water partition coefficient (Wildman–Crippen LogP) is 2.78. The van der Waals surface area contributed by atoms with Gasteiger partial charge in [0.25, 0.3) is 0 Å². The zero-order valence-electron chi connectivity index (χ0n) is 11.5. The Bertz CT molecular complexity index is 531. The van der Waals surface area contributed by atoms with Gasteiger partial charge in [0, 0.05) is 7.05 Å².